The van der Waals surface area contributed by atoms with Gasteiger partial charge in [-0.3, -0.25) is 0 Å². The predicted molar refractivity (Wildman–Crippen MR) is 148 cm³/mol. The second-order valence-corrected chi connectivity index (χ2v) is 23.3. The van der Waals surface area contributed by atoms with Gasteiger partial charge in [0, 0.05) is 28.4 Å². The molecule has 0 aromatic rings. The maximum absolute atomic E-state index is 4.81. The van der Waals surface area contributed by atoms with Crippen LogP contribution in [0.5, 0.6) is 0 Å². The number of rotatable bonds is 2. The first-order chi connectivity index (χ1) is 13.9. The van der Waals surface area contributed by atoms with Gasteiger partial charge in [-0.25, -0.2) is 0 Å². The fourth-order valence-corrected chi connectivity index (χ4v) is 15.3. The molecule has 32 heavy (non-hydrogen) atoms. The minimum Gasteiger partial charge on any atom is 0 e. The summed E-state index contributed by atoms with van der Waals surface area (Å²) in [4.78, 5) is 0. The van der Waals surface area contributed by atoms with Crippen molar-refractivity contribution in [2.24, 2.45) is 0 Å². The summed E-state index contributed by atoms with van der Waals surface area (Å²) in [5.74, 6) is 0. The van der Waals surface area contributed by atoms with Gasteiger partial charge in [0.1, 0.15) is 0 Å². The van der Waals surface area contributed by atoms with Crippen LogP contribution in [0.2, 0.25) is 0 Å². The van der Waals surface area contributed by atoms with E-state index in [1.54, 1.807) is 0 Å². The summed E-state index contributed by atoms with van der Waals surface area (Å²) in [7, 11) is 9.77. The maximum Gasteiger partial charge on any atom is 0 e. The molecule has 2 radical (unpaired) electrons. The number of hydrogen-bond donors (Lipinski definition) is 0. The summed E-state index contributed by atoms with van der Waals surface area (Å²) >= 11 is -0.106. The van der Waals surface area contributed by atoms with Crippen molar-refractivity contribution in [3.63, 3.8) is 0 Å². The van der Waals surface area contributed by atoms with Crippen molar-refractivity contribution in [3.05, 3.63) is 11.3 Å². The van der Waals surface area contributed by atoms with Gasteiger partial charge in [0.25, 0.3) is 0 Å². The van der Waals surface area contributed by atoms with Crippen molar-refractivity contribution in [3.8, 4) is 0 Å². The molecular weight excluding hydrogens is 607 g/mol. The SMILES string of the molecule is CC(C)(C)P([C]1CCCC1)C(C)(C)C.CC(C)(C)P([C]1CCCC1)C(C)(C)C.[Cl][Pd][Cl].[Fe]. The van der Waals surface area contributed by atoms with Gasteiger partial charge in [0.05, 0.1) is 0 Å². The Balaban J connectivity index is 0. The van der Waals surface area contributed by atoms with Gasteiger partial charge in [-0.15, -0.1) is 0 Å². The molecule has 0 bridgehead atoms. The molecule has 0 nitrogen and oxygen atoms in total. The van der Waals surface area contributed by atoms with Crippen molar-refractivity contribution in [2.75, 3.05) is 0 Å². The Hall–Kier alpha value is 2.62. The van der Waals surface area contributed by atoms with Crippen LogP contribution in [0.1, 0.15) is 134 Å². The minimum absolute atomic E-state index is 0. The molecule has 0 saturated heterocycles. The summed E-state index contributed by atoms with van der Waals surface area (Å²) in [6.45, 7) is 29.1. The zero-order valence-corrected chi connectivity index (χ0v) is 28.9. The van der Waals surface area contributed by atoms with Crippen LogP contribution in [0.15, 0.2) is 0 Å². The van der Waals surface area contributed by atoms with Gasteiger partial charge in [0.15, 0.2) is 0 Å². The molecule has 2 saturated carbocycles. The molecule has 198 valence electrons. The molecule has 0 atom stereocenters. The van der Waals surface area contributed by atoms with Gasteiger partial charge in [-0.1, -0.05) is 125 Å². The first-order valence-corrected chi connectivity index (χ1v) is 18.7. The normalized spacial score (nSPS) is 18.9. The second-order valence-electron chi connectivity index (χ2n) is 12.9. The smallest absolute Gasteiger partial charge is 0 e. The Labute approximate surface area is 232 Å². The Morgan fingerprint density at radius 2 is 0.656 bits per heavy atom. The average molecular weight is 660 g/mol. The molecule has 0 aromatic carbocycles. The Morgan fingerprint density at radius 3 is 0.781 bits per heavy atom. The molecule has 0 unspecified atom stereocenters. The molecule has 2 fully saturated rings. The standard InChI is InChI=1S/2C13H26P.2ClH.Fe.Pd/c2*1-12(2,3)14(13(4,5)6)11-9-7-8-10-11;;;;/h2*7-10H2,1-6H3;2*1H;;/q;;;;;+2/p-2. The van der Waals surface area contributed by atoms with Crippen molar-refractivity contribution < 1.29 is 33.0 Å². The van der Waals surface area contributed by atoms with E-state index < -0.39 is 0 Å². The Bertz CT molecular complexity index is 406. The van der Waals surface area contributed by atoms with Crippen LogP contribution in [0, 0.1) is 11.3 Å². The van der Waals surface area contributed by atoms with Gasteiger partial charge >= 0.3 is 35.0 Å². The largest absolute Gasteiger partial charge is 0 e. The van der Waals surface area contributed by atoms with E-state index in [9.17, 15) is 0 Å². The van der Waals surface area contributed by atoms with E-state index in [0.717, 1.165) is 0 Å². The van der Waals surface area contributed by atoms with E-state index >= 15 is 0 Å². The number of halogens is 2. The molecular formula is C26H52Cl2FeP2Pd. The van der Waals surface area contributed by atoms with Crippen LogP contribution in [0.4, 0.5) is 0 Å². The van der Waals surface area contributed by atoms with Crippen molar-refractivity contribution in [2.45, 2.75) is 155 Å². The first-order valence-electron chi connectivity index (χ1n) is 12.0. The third kappa shape index (κ3) is 13.8. The molecule has 0 heterocycles. The van der Waals surface area contributed by atoms with E-state index in [4.69, 9.17) is 19.1 Å². The molecule has 0 amide bonds. The molecule has 0 aromatic heterocycles. The van der Waals surface area contributed by atoms with Gasteiger partial charge in [-0.2, -0.15) is 0 Å². The average Bonchev–Trinajstić information content (AvgIpc) is 3.16. The Kier molecular flexibility index (Phi) is 18.1. The van der Waals surface area contributed by atoms with Crippen LogP contribution in [-0.2, 0) is 33.0 Å². The van der Waals surface area contributed by atoms with E-state index in [1.807, 2.05) is 11.3 Å². The predicted octanol–water partition coefficient (Wildman–Crippen LogP) is 11.7. The topological polar surface area (TPSA) is 0 Å². The minimum atomic E-state index is -0.106. The van der Waals surface area contributed by atoms with Crippen LogP contribution >= 0.6 is 34.9 Å². The summed E-state index contributed by atoms with van der Waals surface area (Å²) in [5, 5.41) is 1.97. The fraction of sp³-hybridized carbons (Fsp3) is 0.923. The fourth-order valence-electron chi connectivity index (χ4n) is 5.92. The molecule has 2 aliphatic carbocycles. The third-order valence-corrected chi connectivity index (χ3v) is 13.2. The molecule has 0 spiro atoms. The number of hydrogen-bond acceptors (Lipinski definition) is 0. The Morgan fingerprint density at radius 1 is 0.500 bits per heavy atom. The van der Waals surface area contributed by atoms with Gasteiger partial charge < -0.3 is 0 Å². The van der Waals surface area contributed by atoms with Gasteiger partial charge in [-0.05, 0) is 46.3 Å². The maximum atomic E-state index is 4.81. The van der Waals surface area contributed by atoms with Crippen LogP contribution < -0.4 is 0 Å². The summed E-state index contributed by atoms with van der Waals surface area (Å²) < 4.78 is 0. The van der Waals surface area contributed by atoms with Crippen molar-refractivity contribution in [1.82, 2.24) is 0 Å². The molecule has 0 aliphatic heterocycles. The summed E-state index contributed by atoms with van der Waals surface area (Å²) in [6.07, 6.45) is 11.4. The molecule has 2 aliphatic rings. The summed E-state index contributed by atoms with van der Waals surface area (Å²) in [5.41, 5.74) is 3.81. The molecule has 2 rings (SSSR count). The first kappa shape index (κ1) is 36.8. The van der Waals surface area contributed by atoms with Crippen LogP contribution in [0.3, 0.4) is 0 Å². The van der Waals surface area contributed by atoms with Gasteiger partial charge in [0.2, 0.25) is 0 Å². The van der Waals surface area contributed by atoms with Crippen molar-refractivity contribution in [1.29, 1.82) is 0 Å². The zero-order valence-electron chi connectivity index (χ0n) is 23.0. The summed E-state index contributed by atoms with van der Waals surface area (Å²) in [6, 6.07) is 0. The zero-order chi connectivity index (χ0) is 24.7. The molecule has 6 heteroatoms. The third-order valence-electron chi connectivity index (χ3n) is 5.68. The van der Waals surface area contributed by atoms with Crippen molar-refractivity contribution >= 4 is 34.9 Å². The van der Waals surface area contributed by atoms with E-state index in [0.29, 0.717) is 20.6 Å². The van der Waals surface area contributed by atoms with E-state index in [-0.39, 0.29) is 48.9 Å². The monoisotopic (exact) mass is 658 g/mol. The van der Waals surface area contributed by atoms with E-state index in [1.165, 1.54) is 51.4 Å². The quantitative estimate of drug-likeness (QED) is 0.204. The van der Waals surface area contributed by atoms with E-state index in [2.05, 4.69) is 83.1 Å². The molecule has 0 N–H and O–H groups in total. The van der Waals surface area contributed by atoms with Crippen LogP contribution in [-0.4, -0.2) is 20.6 Å². The second kappa shape index (κ2) is 15.8. The van der Waals surface area contributed by atoms with Crippen LogP contribution in [0.25, 0.3) is 0 Å².